The summed E-state index contributed by atoms with van der Waals surface area (Å²) in [6.07, 6.45) is 5.62. The quantitative estimate of drug-likeness (QED) is 0.872. The first-order valence-corrected chi connectivity index (χ1v) is 7.82. The summed E-state index contributed by atoms with van der Waals surface area (Å²) in [5.41, 5.74) is 1.14. The van der Waals surface area contributed by atoms with E-state index in [-0.39, 0.29) is 6.03 Å². The number of hydrogen-bond donors (Lipinski definition) is 2. The van der Waals surface area contributed by atoms with Crippen LogP contribution in [-0.4, -0.2) is 18.6 Å². The molecule has 1 fully saturated rings. The molecule has 0 heterocycles. The Hall–Kier alpha value is -1.22. The van der Waals surface area contributed by atoms with Crippen molar-refractivity contribution in [2.24, 2.45) is 5.92 Å². The fourth-order valence-electron chi connectivity index (χ4n) is 2.76. The number of halogens is 1. The van der Waals surface area contributed by atoms with Gasteiger partial charge in [0, 0.05) is 17.6 Å². The summed E-state index contributed by atoms with van der Waals surface area (Å²) in [5, 5.41) is 6.75. The average molecular weight is 295 g/mol. The maximum atomic E-state index is 11.9. The van der Waals surface area contributed by atoms with Gasteiger partial charge in [0.1, 0.15) is 0 Å². The Morgan fingerprint density at radius 1 is 1.35 bits per heavy atom. The number of nitrogens with one attached hydrogen (secondary N) is 2. The van der Waals surface area contributed by atoms with Crippen molar-refractivity contribution in [3.8, 4) is 0 Å². The van der Waals surface area contributed by atoms with Crippen LogP contribution < -0.4 is 10.6 Å². The number of carbonyl (C=O) groups excluding carboxylic acids is 1. The molecule has 1 aliphatic carbocycles. The molecule has 0 aliphatic heterocycles. The smallest absolute Gasteiger partial charge is 0.315 e. The monoisotopic (exact) mass is 294 g/mol. The number of urea groups is 1. The van der Waals surface area contributed by atoms with Crippen LogP contribution in [0, 0.1) is 5.92 Å². The number of hydrogen-bond acceptors (Lipinski definition) is 1. The largest absolute Gasteiger partial charge is 0.338 e. The van der Waals surface area contributed by atoms with E-state index in [0.29, 0.717) is 18.5 Å². The van der Waals surface area contributed by atoms with Crippen LogP contribution >= 0.6 is 11.6 Å². The van der Waals surface area contributed by atoms with Crippen molar-refractivity contribution in [2.75, 3.05) is 6.54 Å². The molecule has 2 N–H and O–H groups in total. The van der Waals surface area contributed by atoms with Crippen LogP contribution in [0.5, 0.6) is 0 Å². The Morgan fingerprint density at radius 2 is 2.15 bits per heavy atom. The average Bonchev–Trinajstić information content (AvgIpc) is 2.41. The number of amides is 2. The Bertz CT molecular complexity index is 450. The topological polar surface area (TPSA) is 41.1 Å². The highest BCUT2D eigenvalue weighted by atomic mass is 35.5. The van der Waals surface area contributed by atoms with Gasteiger partial charge in [-0.05, 0) is 42.9 Å². The number of benzene rings is 1. The van der Waals surface area contributed by atoms with Crippen LogP contribution in [0.4, 0.5) is 4.79 Å². The SMILES string of the molecule is CC1CCCCC1NC(=O)NCCc1cccc(Cl)c1. The van der Waals surface area contributed by atoms with Crippen molar-refractivity contribution in [3.63, 3.8) is 0 Å². The Labute approximate surface area is 126 Å². The summed E-state index contributed by atoms with van der Waals surface area (Å²) in [5.74, 6) is 0.586. The lowest BCUT2D eigenvalue weighted by molar-refractivity contribution is 0.222. The molecule has 4 heteroatoms. The normalized spacial score (nSPS) is 22.3. The van der Waals surface area contributed by atoms with Gasteiger partial charge in [-0.1, -0.05) is 43.5 Å². The van der Waals surface area contributed by atoms with E-state index in [4.69, 9.17) is 11.6 Å². The fraction of sp³-hybridized carbons (Fsp3) is 0.562. The van der Waals surface area contributed by atoms with Crippen molar-refractivity contribution in [3.05, 3.63) is 34.9 Å². The van der Waals surface area contributed by atoms with Crippen LogP contribution in [-0.2, 0) is 6.42 Å². The molecule has 110 valence electrons. The van der Waals surface area contributed by atoms with Gasteiger partial charge in [0.05, 0.1) is 0 Å². The van der Waals surface area contributed by atoms with Gasteiger partial charge >= 0.3 is 6.03 Å². The lowest BCUT2D eigenvalue weighted by Crippen LogP contribution is -2.46. The lowest BCUT2D eigenvalue weighted by atomic mass is 9.86. The molecule has 1 aromatic carbocycles. The molecule has 1 aromatic rings. The maximum absolute atomic E-state index is 11.9. The molecule has 2 unspecified atom stereocenters. The third kappa shape index (κ3) is 4.71. The van der Waals surface area contributed by atoms with Crippen molar-refractivity contribution >= 4 is 17.6 Å². The van der Waals surface area contributed by atoms with Gasteiger partial charge in [-0.25, -0.2) is 4.79 Å². The third-order valence-corrected chi connectivity index (χ3v) is 4.25. The standard InChI is InChI=1S/C16H23ClN2O/c1-12-5-2-3-8-15(12)19-16(20)18-10-9-13-6-4-7-14(17)11-13/h4,6-7,11-12,15H,2-3,5,8-10H2,1H3,(H2,18,19,20). The molecule has 2 amide bonds. The highest BCUT2D eigenvalue weighted by Crippen LogP contribution is 2.23. The van der Waals surface area contributed by atoms with Crippen LogP contribution in [0.2, 0.25) is 5.02 Å². The molecule has 0 radical (unpaired) electrons. The van der Waals surface area contributed by atoms with Gasteiger partial charge in [0.2, 0.25) is 0 Å². The number of rotatable bonds is 4. The first kappa shape index (κ1) is 15.2. The molecule has 1 saturated carbocycles. The van der Waals surface area contributed by atoms with Crippen molar-refractivity contribution in [1.82, 2.24) is 10.6 Å². The van der Waals surface area contributed by atoms with Crippen LogP contribution in [0.3, 0.4) is 0 Å². The first-order valence-electron chi connectivity index (χ1n) is 7.44. The minimum Gasteiger partial charge on any atom is -0.338 e. The van der Waals surface area contributed by atoms with E-state index in [9.17, 15) is 4.79 Å². The summed E-state index contributed by atoms with van der Waals surface area (Å²) < 4.78 is 0. The maximum Gasteiger partial charge on any atom is 0.315 e. The fourth-order valence-corrected chi connectivity index (χ4v) is 2.98. The third-order valence-electron chi connectivity index (χ3n) is 4.02. The lowest BCUT2D eigenvalue weighted by Gasteiger charge is -2.29. The summed E-state index contributed by atoms with van der Waals surface area (Å²) in [6.45, 7) is 2.85. The van der Waals surface area contributed by atoms with Gasteiger partial charge in [-0.3, -0.25) is 0 Å². The van der Waals surface area contributed by atoms with Crippen molar-refractivity contribution in [1.29, 1.82) is 0 Å². The second-order valence-corrected chi connectivity index (χ2v) is 6.08. The van der Waals surface area contributed by atoms with Crippen molar-refractivity contribution < 1.29 is 4.79 Å². The summed E-state index contributed by atoms with van der Waals surface area (Å²) in [4.78, 5) is 11.9. The second-order valence-electron chi connectivity index (χ2n) is 5.65. The molecule has 3 nitrogen and oxygen atoms in total. The van der Waals surface area contributed by atoms with Crippen molar-refractivity contribution in [2.45, 2.75) is 45.1 Å². The predicted octanol–water partition coefficient (Wildman–Crippen LogP) is 3.76. The molecule has 20 heavy (non-hydrogen) atoms. The molecular formula is C16H23ClN2O. The zero-order chi connectivity index (χ0) is 14.4. The van der Waals surface area contributed by atoms with E-state index < -0.39 is 0 Å². The van der Waals surface area contributed by atoms with E-state index in [2.05, 4.69) is 17.6 Å². The van der Waals surface area contributed by atoms with E-state index in [1.807, 2.05) is 24.3 Å². The van der Waals surface area contributed by atoms with Gasteiger partial charge in [0.15, 0.2) is 0 Å². The molecule has 2 rings (SSSR count). The van der Waals surface area contributed by atoms with Gasteiger partial charge in [-0.15, -0.1) is 0 Å². The second kappa shape index (κ2) is 7.53. The first-order chi connectivity index (χ1) is 9.65. The van der Waals surface area contributed by atoms with Gasteiger partial charge < -0.3 is 10.6 Å². The Morgan fingerprint density at radius 3 is 2.90 bits per heavy atom. The van der Waals surface area contributed by atoms with Crippen LogP contribution in [0.1, 0.15) is 38.2 Å². The highest BCUT2D eigenvalue weighted by Gasteiger charge is 2.22. The molecule has 0 bridgehead atoms. The Kier molecular flexibility index (Phi) is 5.72. The molecule has 0 spiro atoms. The predicted molar refractivity (Wildman–Crippen MR) is 83.1 cm³/mol. The minimum atomic E-state index is -0.0502. The molecule has 0 aromatic heterocycles. The summed E-state index contributed by atoms with van der Waals surface area (Å²) >= 11 is 5.93. The zero-order valence-corrected chi connectivity index (χ0v) is 12.7. The van der Waals surface area contributed by atoms with E-state index >= 15 is 0 Å². The van der Waals surface area contributed by atoms with E-state index in [1.54, 1.807) is 0 Å². The molecule has 2 atom stereocenters. The molecule has 1 aliphatic rings. The van der Waals surface area contributed by atoms with E-state index in [0.717, 1.165) is 23.4 Å². The molecule has 0 saturated heterocycles. The zero-order valence-electron chi connectivity index (χ0n) is 12.0. The van der Waals surface area contributed by atoms with Crippen LogP contribution in [0.25, 0.3) is 0 Å². The van der Waals surface area contributed by atoms with Gasteiger partial charge in [-0.2, -0.15) is 0 Å². The minimum absolute atomic E-state index is 0.0502. The summed E-state index contributed by atoms with van der Waals surface area (Å²) in [6, 6.07) is 8.02. The highest BCUT2D eigenvalue weighted by molar-refractivity contribution is 6.30. The van der Waals surface area contributed by atoms with E-state index in [1.165, 1.54) is 19.3 Å². The van der Waals surface area contributed by atoms with Crippen LogP contribution in [0.15, 0.2) is 24.3 Å². The number of carbonyl (C=O) groups is 1. The summed E-state index contributed by atoms with van der Waals surface area (Å²) in [7, 11) is 0. The Balaban J connectivity index is 1.70. The van der Waals surface area contributed by atoms with Gasteiger partial charge in [0.25, 0.3) is 0 Å². The molecular weight excluding hydrogens is 272 g/mol.